The van der Waals surface area contributed by atoms with Crippen LogP contribution in [-0.4, -0.2) is 50.1 Å². The molecule has 24 heavy (non-hydrogen) atoms. The lowest BCUT2D eigenvalue weighted by Crippen LogP contribution is -2.28. The first-order chi connectivity index (χ1) is 11.2. The third kappa shape index (κ3) is 9.63. The molecule has 2 aliphatic rings. The average Bonchev–Trinajstić information content (AvgIpc) is 2.60. The van der Waals surface area contributed by atoms with E-state index in [1.807, 2.05) is 0 Å². The highest BCUT2D eigenvalue weighted by molar-refractivity contribution is 5.85. The third-order valence-corrected chi connectivity index (χ3v) is 6.37. The maximum atomic E-state index is 2.57. The molecule has 0 aromatic heterocycles. The van der Waals surface area contributed by atoms with E-state index in [9.17, 15) is 0 Å². The van der Waals surface area contributed by atoms with E-state index < -0.39 is 0 Å². The van der Waals surface area contributed by atoms with Crippen LogP contribution >= 0.6 is 12.4 Å². The van der Waals surface area contributed by atoms with Crippen LogP contribution in [0.15, 0.2) is 0 Å². The van der Waals surface area contributed by atoms with Crippen LogP contribution in [0.25, 0.3) is 0 Å². The van der Waals surface area contributed by atoms with Gasteiger partial charge in [0.15, 0.2) is 0 Å². The summed E-state index contributed by atoms with van der Waals surface area (Å²) in [6.45, 7) is 5.19. The second-order valence-corrected chi connectivity index (χ2v) is 8.55. The van der Waals surface area contributed by atoms with Crippen molar-refractivity contribution in [1.82, 2.24) is 9.80 Å². The van der Waals surface area contributed by atoms with Crippen molar-refractivity contribution in [2.24, 2.45) is 11.8 Å². The monoisotopic (exact) mass is 358 g/mol. The third-order valence-electron chi connectivity index (χ3n) is 6.37. The Bertz CT molecular complexity index is 258. The molecule has 2 nitrogen and oxygen atoms in total. The second-order valence-electron chi connectivity index (χ2n) is 8.55. The molecule has 3 heteroatoms. The van der Waals surface area contributed by atoms with Gasteiger partial charge < -0.3 is 9.80 Å². The molecule has 0 saturated heterocycles. The lowest BCUT2D eigenvalue weighted by atomic mass is 9.87. The number of hydrogen-bond donors (Lipinski definition) is 0. The molecular weight excluding hydrogens is 316 g/mol. The van der Waals surface area contributed by atoms with Crippen molar-refractivity contribution in [2.45, 2.75) is 83.5 Å². The zero-order valence-corrected chi connectivity index (χ0v) is 17.3. The van der Waals surface area contributed by atoms with Gasteiger partial charge in [-0.15, -0.1) is 12.4 Å². The Morgan fingerprint density at radius 1 is 0.583 bits per heavy atom. The van der Waals surface area contributed by atoms with E-state index in [0.717, 1.165) is 11.8 Å². The number of nitrogens with zero attached hydrogens (tertiary/aromatic N) is 2. The van der Waals surface area contributed by atoms with Crippen molar-refractivity contribution < 1.29 is 0 Å². The number of rotatable bonds is 10. The molecule has 0 unspecified atom stereocenters. The summed E-state index contributed by atoms with van der Waals surface area (Å²) in [5.74, 6) is 2.06. The molecule has 2 aliphatic carbocycles. The molecule has 144 valence electrons. The van der Waals surface area contributed by atoms with E-state index in [-0.39, 0.29) is 12.4 Å². The lowest BCUT2D eigenvalue weighted by molar-refractivity contribution is 0.234. The van der Waals surface area contributed by atoms with Crippen molar-refractivity contribution >= 4 is 12.4 Å². The molecule has 0 bridgehead atoms. The van der Waals surface area contributed by atoms with E-state index >= 15 is 0 Å². The Morgan fingerprint density at radius 2 is 0.958 bits per heavy atom. The Morgan fingerprint density at radius 3 is 1.33 bits per heavy atom. The normalized spacial score (nSPS) is 20.5. The largest absolute Gasteiger partial charge is 0.306 e. The van der Waals surface area contributed by atoms with Gasteiger partial charge in [-0.05, 0) is 71.4 Å². The fourth-order valence-corrected chi connectivity index (χ4v) is 4.59. The molecule has 0 aliphatic heterocycles. The van der Waals surface area contributed by atoms with Crippen molar-refractivity contribution in [1.29, 1.82) is 0 Å². The van der Waals surface area contributed by atoms with Crippen LogP contribution in [0, 0.1) is 11.8 Å². The van der Waals surface area contributed by atoms with E-state index in [1.165, 1.54) is 110 Å². The Balaban J connectivity index is 0.00000288. The molecule has 2 rings (SSSR count). The van der Waals surface area contributed by atoms with Gasteiger partial charge in [0, 0.05) is 0 Å². The maximum Gasteiger partial charge on any atom is -0.000960 e. The molecular formula is C21H43ClN2. The molecule has 0 N–H and O–H groups in total. The van der Waals surface area contributed by atoms with Crippen LogP contribution < -0.4 is 0 Å². The fraction of sp³-hybridized carbons (Fsp3) is 1.00. The highest BCUT2D eigenvalue weighted by atomic mass is 35.5. The highest BCUT2D eigenvalue weighted by Crippen LogP contribution is 2.27. The summed E-state index contributed by atoms with van der Waals surface area (Å²) in [5.41, 5.74) is 0. The van der Waals surface area contributed by atoms with Crippen LogP contribution in [-0.2, 0) is 0 Å². The standard InChI is InChI=1S/C21H42N2.ClH/c1-22(18-14-20-10-5-3-6-11-20)16-9-17-23(2)19-15-21-12-7-4-8-13-21;/h20-21H,3-19H2,1-2H3;1H. The van der Waals surface area contributed by atoms with Crippen molar-refractivity contribution in [3.8, 4) is 0 Å². The van der Waals surface area contributed by atoms with E-state index in [0.29, 0.717) is 0 Å². The van der Waals surface area contributed by atoms with Gasteiger partial charge in [-0.3, -0.25) is 0 Å². The van der Waals surface area contributed by atoms with Crippen LogP contribution in [0.3, 0.4) is 0 Å². The first kappa shape index (κ1) is 22.3. The fourth-order valence-electron chi connectivity index (χ4n) is 4.59. The predicted molar refractivity (Wildman–Crippen MR) is 109 cm³/mol. The summed E-state index contributed by atoms with van der Waals surface area (Å²) in [6.07, 6.45) is 19.1. The second kappa shape index (κ2) is 13.4. The summed E-state index contributed by atoms with van der Waals surface area (Å²) >= 11 is 0. The molecule has 2 fully saturated rings. The van der Waals surface area contributed by atoms with Crippen molar-refractivity contribution in [2.75, 3.05) is 40.3 Å². The van der Waals surface area contributed by atoms with Crippen LogP contribution in [0.4, 0.5) is 0 Å². The smallest absolute Gasteiger partial charge is 0.000960 e. The van der Waals surface area contributed by atoms with Gasteiger partial charge >= 0.3 is 0 Å². The first-order valence-corrected chi connectivity index (χ1v) is 10.6. The molecule has 0 amide bonds. The minimum atomic E-state index is 0. The minimum absolute atomic E-state index is 0. The topological polar surface area (TPSA) is 6.48 Å². The summed E-state index contributed by atoms with van der Waals surface area (Å²) in [6, 6.07) is 0. The highest BCUT2D eigenvalue weighted by Gasteiger charge is 2.15. The van der Waals surface area contributed by atoms with Crippen molar-refractivity contribution in [3.63, 3.8) is 0 Å². The first-order valence-electron chi connectivity index (χ1n) is 10.6. The van der Waals surface area contributed by atoms with Gasteiger partial charge in [-0.1, -0.05) is 64.2 Å². The molecule has 0 atom stereocenters. The summed E-state index contributed by atoms with van der Waals surface area (Å²) in [7, 11) is 4.65. The lowest BCUT2D eigenvalue weighted by Gasteiger charge is -2.26. The Kier molecular flexibility index (Phi) is 12.4. The maximum absolute atomic E-state index is 2.57. The van der Waals surface area contributed by atoms with E-state index in [2.05, 4.69) is 23.9 Å². The molecule has 0 aromatic rings. The van der Waals surface area contributed by atoms with E-state index in [4.69, 9.17) is 0 Å². The summed E-state index contributed by atoms with van der Waals surface area (Å²) < 4.78 is 0. The predicted octanol–water partition coefficient (Wildman–Crippen LogP) is 5.60. The quantitative estimate of drug-likeness (QED) is 0.501. The van der Waals surface area contributed by atoms with E-state index in [1.54, 1.807) is 0 Å². The average molecular weight is 359 g/mol. The number of hydrogen-bond acceptors (Lipinski definition) is 2. The Hall–Kier alpha value is 0.210. The van der Waals surface area contributed by atoms with Crippen molar-refractivity contribution in [3.05, 3.63) is 0 Å². The van der Waals surface area contributed by atoms with Crippen LogP contribution in [0.2, 0.25) is 0 Å². The summed E-state index contributed by atoms with van der Waals surface area (Å²) in [4.78, 5) is 5.15. The molecule has 2 saturated carbocycles. The van der Waals surface area contributed by atoms with Gasteiger partial charge in [0.05, 0.1) is 0 Å². The molecule has 0 heterocycles. The molecule has 0 aromatic carbocycles. The van der Waals surface area contributed by atoms with Gasteiger partial charge in [0.25, 0.3) is 0 Å². The Labute approximate surface area is 158 Å². The zero-order chi connectivity index (χ0) is 16.3. The van der Waals surface area contributed by atoms with Crippen LogP contribution in [0.1, 0.15) is 83.5 Å². The van der Waals surface area contributed by atoms with Crippen LogP contribution in [0.5, 0.6) is 0 Å². The van der Waals surface area contributed by atoms with Gasteiger partial charge in [-0.25, -0.2) is 0 Å². The summed E-state index contributed by atoms with van der Waals surface area (Å²) in [5, 5.41) is 0. The van der Waals surface area contributed by atoms with Gasteiger partial charge in [0.1, 0.15) is 0 Å². The molecule has 0 spiro atoms. The van der Waals surface area contributed by atoms with Gasteiger partial charge in [0.2, 0.25) is 0 Å². The number of halogens is 1. The zero-order valence-electron chi connectivity index (χ0n) is 16.5. The van der Waals surface area contributed by atoms with Gasteiger partial charge in [-0.2, -0.15) is 0 Å². The minimum Gasteiger partial charge on any atom is -0.306 e. The molecule has 0 radical (unpaired) electrons. The SMILES string of the molecule is CN(CCCN(C)CCC1CCCCC1)CCC1CCCCC1.Cl.